The summed E-state index contributed by atoms with van der Waals surface area (Å²) in [5.41, 5.74) is 5.94. The summed E-state index contributed by atoms with van der Waals surface area (Å²) in [7, 11) is 0. The second-order valence-corrected chi connectivity index (χ2v) is 8.46. The molecule has 3 rings (SSSR count). The molecule has 0 unspecified atom stereocenters. The Morgan fingerprint density at radius 2 is 2.03 bits per heavy atom. The number of rotatable bonds is 6. The van der Waals surface area contributed by atoms with E-state index in [0.717, 1.165) is 38.0 Å². The molecule has 0 saturated carbocycles. The molecule has 0 fully saturated rings. The molecule has 0 bridgehead atoms. The molecule has 7 heteroatoms. The molecule has 1 aromatic heterocycles. The number of nitrogens with one attached hydrogen (secondary N) is 1. The summed E-state index contributed by atoms with van der Waals surface area (Å²) in [6, 6.07) is 12.0. The van der Waals surface area contributed by atoms with Crippen LogP contribution in [0.1, 0.15) is 22.4 Å². The lowest BCUT2D eigenvalue weighted by Gasteiger charge is -2.08. The second kappa shape index (κ2) is 9.24. The first-order chi connectivity index (χ1) is 13.9. The van der Waals surface area contributed by atoms with Crippen LogP contribution in [0.2, 0.25) is 0 Å². The molecule has 0 saturated heterocycles. The summed E-state index contributed by atoms with van der Waals surface area (Å²) in [4.78, 5) is 21.9. The standard InChI is InChI=1S/C22H23N3O2S2/c1-13-6-8-17(14(2)10-13)21-24-15(3)20(29-21)25-22(26)27-12-16-7-9-18(23-4)19(11-16)28-5/h6-11H,4,12H2,1-3,5H3,(H,25,26). The molecule has 2 aromatic carbocycles. The van der Waals surface area contributed by atoms with Gasteiger partial charge in [-0.15, -0.1) is 11.8 Å². The van der Waals surface area contributed by atoms with Crippen LogP contribution in [0.25, 0.3) is 10.6 Å². The fourth-order valence-electron chi connectivity index (χ4n) is 2.90. The molecule has 1 heterocycles. The Kier molecular flexibility index (Phi) is 6.71. The number of hydrogen-bond donors (Lipinski definition) is 1. The van der Waals surface area contributed by atoms with Crippen LogP contribution < -0.4 is 5.32 Å². The maximum atomic E-state index is 12.3. The van der Waals surface area contributed by atoms with Crippen LogP contribution in [0, 0.1) is 20.8 Å². The molecule has 3 aromatic rings. The third-order valence-electron chi connectivity index (χ3n) is 4.41. The lowest BCUT2D eigenvalue weighted by Crippen LogP contribution is -2.13. The molecule has 5 nitrogen and oxygen atoms in total. The third-order valence-corrected chi connectivity index (χ3v) is 6.28. The normalized spacial score (nSPS) is 10.6. The number of ether oxygens (including phenoxy) is 1. The molecule has 0 aliphatic rings. The Bertz CT molecular complexity index is 1060. The number of amides is 1. The second-order valence-electron chi connectivity index (χ2n) is 6.62. The average molecular weight is 426 g/mol. The molecule has 0 aliphatic heterocycles. The summed E-state index contributed by atoms with van der Waals surface area (Å²) in [6.45, 7) is 9.76. The third kappa shape index (κ3) is 5.05. The van der Waals surface area contributed by atoms with Gasteiger partial charge in [-0.1, -0.05) is 41.2 Å². The van der Waals surface area contributed by atoms with Gasteiger partial charge >= 0.3 is 6.09 Å². The Morgan fingerprint density at radius 1 is 1.24 bits per heavy atom. The van der Waals surface area contributed by atoms with Crippen LogP contribution in [-0.4, -0.2) is 24.1 Å². The maximum Gasteiger partial charge on any atom is 0.412 e. The summed E-state index contributed by atoms with van der Waals surface area (Å²) in [5.74, 6) is 0. The Hall–Kier alpha value is -2.64. The molecular formula is C22H23N3O2S2. The van der Waals surface area contributed by atoms with E-state index in [1.807, 2.05) is 31.4 Å². The monoisotopic (exact) mass is 425 g/mol. The van der Waals surface area contributed by atoms with E-state index in [0.29, 0.717) is 5.00 Å². The quantitative estimate of drug-likeness (QED) is 0.360. The molecule has 29 heavy (non-hydrogen) atoms. The summed E-state index contributed by atoms with van der Waals surface area (Å²) >= 11 is 3.03. The minimum Gasteiger partial charge on any atom is -0.444 e. The SMILES string of the molecule is C=Nc1ccc(COC(=O)Nc2sc(-c3ccc(C)cc3C)nc2C)cc1SC. The van der Waals surface area contributed by atoms with Crippen LogP contribution in [0.3, 0.4) is 0 Å². The van der Waals surface area contributed by atoms with Crippen molar-refractivity contribution in [1.29, 1.82) is 0 Å². The van der Waals surface area contributed by atoms with Gasteiger partial charge in [0.05, 0.1) is 11.4 Å². The van der Waals surface area contributed by atoms with E-state index in [1.165, 1.54) is 16.9 Å². The van der Waals surface area contributed by atoms with Gasteiger partial charge in [-0.3, -0.25) is 10.3 Å². The molecule has 0 aliphatic carbocycles. The van der Waals surface area contributed by atoms with Gasteiger partial charge in [-0.2, -0.15) is 0 Å². The minimum atomic E-state index is -0.499. The highest BCUT2D eigenvalue weighted by molar-refractivity contribution is 7.98. The van der Waals surface area contributed by atoms with Gasteiger partial charge in [0.15, 0.2) is 0 Å². The fraction of sp³-hybridized carbons (Fsp3) is 0.227. The van der Waals surface area contributed by atoms with Crippen molar-refractivity contribution >= 4 is 46.6 Å². The van der Waals surface area contributed by atoms with E-state index >= 15 is 0 Å². The van der Waals surface area contributed by atoms with Crippen LogP contribution in [0.15, 0.2) is 46.3 Å². The number of carbonyl (C=O) groups excluding carboxylic acids is 1. The van der Waals surface area contributed by atoms with Crippen molar-refractivity contribution in [3.63, 3.8) is 0 Å². The topological polar surface area (TPSA) is 63.6 Å². The van der Waals surface area contributed by atoms with E-state index in [-0.39, 0.29) is 6.61 Å². The van der Waals surface area contributed by atoms with Crippen LogP contribution in [-0.2, 0) is 11.3 Å². The van der Waals surface area contributed by atoms with E-state index in [1.54, 1.807) is 11.8 Å². The number of aryl methyl sites for hydroxylation is 3. The maximum absolute atomic E-state index is 12.3. The van der Waals surface area contributed by atoms with Gasteiger partial charge in [0.1, 0.15) is 16.6 Å². The first-order valence-electron chi connectivity index (χ1n) is 9.03. The Morgan fingerprint density at radius 3 is 2.72 bits per heavy atom. The zero-order valence-corrected chi connectivity index (χ0v) is 18.5. The lowest BCUT2D eigenvalue weighted by atomic mass is 10.1. The average Bonchev–Trinajstić information content (AvgIpc) is 3.05. The lowest BCUT2D eigenvalue weighted by molar-refractivity contribution is 0.155. The van der Waals surface area contributed by atoms with Crippen molar-refractivity contribution in [1.82, 2.24) is 4.98 Å². The van der Waals surface area contributed by atoms with E-state index in [9.17, 15) is 4.79 Å². The van der Waals surface area contributed by atoms with Crippen molar-refractivity contribution in [3.05, 3.63) is 58.8 Å². The van der Waals surface area contributed by atoms with Gasteiger partial charge in [0, 0.05) is 10.5 Å². The number of nitrogens with zero attached hydrogens (tertiary/aromatic N) is 2. The summed E-state index contributed by atoms with van der Waals surface area (Å²) < 4.78 is 5.39. The summed E-state index contributed by atoms with van der Waals surface area (Å²) in [6.07, 6.45) is 1.47. The first-order valence-corrected chi connectivity index (χ1v) is 11.1. The summed E-state index contributed by atoms with van der Waals surface area (Å²) in [5, 5.41) is 4.39. The van der Waals surface area contributed by atoms with E-state index in [2.05, 4.69) is 54.1 Å². The van der Waals surface area contributed by atoms with Crippen LogP contribution in [0.4, 0.5) is 15.5 Å². The van der Waals surface area contributed by atoms with Crippen molar-refractivity contribution in [3.8, 4) is 10.6 Å². The number of aliphatic imine (C=N–C) groups is 1. The number of thiazole rings is 1. The molecule has 1 amide bonds. The number of aromatic nitrogens is 1. The molecule has 150 valence electrons. The smallest absolute Gasteiger partial charge is 0.412 e. The number of thioether (sulfide) groups is 1. The van der Waals surface area contributed by atoms with Crippen molar-refractivity contribution in [2.75, 3.05) is 11.6 Å². The van der Waals surface area contributed by atoms with Gasteiger partial charge in [0.25, 0.3) is 0 Å². The highest BCUT2D eigenvalue weighted by atomic mass is 32.2. The number of hydrogen-bond acceptors (Lipinski definition) is 6. The van der Waals surface area contributed by atoms with Gasteiger partial charge in [-0.05, 0) is 57.0 Å². The molecule has 0 radical (unpaired) electrons. The zero-order chi connectivity index (χ0) is 21.0. The molecular weight excluding hydrogens is 402 g/mol. The predicted molar refractivity (Wildman–Crippen MR) is 123 cm³/mol. The zero-order valence-electron chi connectivity index (χ0n) is 16.9. The Balaban J connectivity index is 1.67. The fourth-order valence-corrected chi connectivity index (χ4v) is 4.55. The van der Waals surface area contributed by atoms with Crippen LogP contribution in [0.5, 0.6) is 0 Å². The van der Waals surface area contributed by atoms with E-state index < -0.39 is 6.09 Å². The molecule has 0 atom stereocenters. The predicted octanol–water partition coefficient (Wildman–Crippen LogP) is 6.54. The van der Waals surface area contributed by atoms with Gasteiger partial charge < -0.3 is 4.74 Å². The number of anilines is 1. The largest absolute Gasteiger partial charge is 0.444 e. The molecule has 0 spiro atoms. The van der Waals surface area contributed by atoms with Gasteiger partial charge in [0.2, 0.25) is 0 Å². The highest BCUT2D eigenvalue weighted by Gasteiger charge is 2.14. The first kappa shape index (κ1) is 21.1. The number of carbonyl (C=O) groups is 1. The molecule has 1 N–H and O–H groups in total. The number of benzene rings is 2. The van der Waals surface area contributed by atoms with Crippen molar-refractivity contribution in [2.24, 2.45) is 4.99 Å². The Labute approximate surface area is 179 Å². The van der Waals surface area contributed by atoms with Crippen molar-refractivity contribution in [2.45, 2.75) is 32.3 Å². The van der Waals surface area contributed by atoms with Crippen molar-refractivity contribution < 1.29 is 9.53 Å². The van der Waals surface area contributed by atoms with Crippen LogP contribution >= 0.6 is 23.1 Å². The minimum absolute atomic E-state index is 0.179. The highest BCUT2D eigenvalue weighted by Crippen LogP contribution is 2.34. The van der Waals surface area contributed by atoms with E-state index in [4.69, 9.17) is 4.74 Å². The van der Waals surface area contributed by atoms with Gasteiger partial charge in [-0.25, -0.2) is 9.78 Å².